The van der Waals surface area contributed by atoms with Crippen LogP contribution in [0.15, 0.2) is 30.5 Å². The maximum Gasteiger partial charge on any atom is 0.0457 e. The average Bonchev–Trinajstić information content (AvgIpc) is 2.81. The van der Waals surface area contributed by atoms with Crippen LogP contribution in [0.4, 0.5) is 0 Å². The van der Waals surface area contributed by atoms with E-state index < -0.39 is 0 Å². The molecule has 1 aromatic heterocycles. The van der Waals surface area contributed by atoms with Crippen LogP contribution in [0.3, 0.4) is 0 Å². The van der Waals surface area contributed by atoms with Crippen LogP contribution >= 0.6 is 0 Å². The Balaban J connectivity index is 2.10. The van der Waals surface area contributed by atoms with Gasteiger partial charge in [-0.1, -0.05) is 32.9 Å². The highest BCUT2D eigenvalue weighted by molar-refractivity contribution is 5.82. The topological polar surface area (TPSA) is 48.0 Å². The molecule has 104 valence electrons. The minimum atomic E-state index is 0.148. The molecule has 3 heteroatoms. The molecule has 3 N–H and O–H groups in total. The standard InChI is InChI=1S/C16H24N2O/c1-16(2,3)15(8-10-19)18-11-12-5-4-6-14-13(12)7-9-17-14/h4-7,9,15,17-19H,8,10-11H2,1-3H3. The molecule has 1 heterocycles. The van der Waals surface area contributed by atoms with Crippen molar-refractivity contribution in [2.24, 2.45) is 5.41 Å². The van der Waals surface area contributed by atoms with Gasteiger partial charge in [0.05, 0.1) is 0 Å². The average molecular weight is 260 g/mol. The van der Waals surface area contributed by atoms with E-state index in [1.54, 1.807) is 0 Å². The van der Waals surface area contributed by atoms with E-state index in [1.165, 1.54) is 16.5 Å². The van der Waals surface area contributed by atoms with E-state index >= 15 is 0 Å². The first-order valence-corrected chi connectivity index (χ1v) is 6.91. The van der Waals surface area contributed by atoms with Crippen molar-refractivity contribution < 1.29 is 5.11 Å². The zero-order valence-corrected chi connectivity index (χ0v) is 12.0. The SMILES string of the molecule is CC(C)(C)C(CCO)NCc1cccc2[nH]ccc12. The number of benzene rings is 1. The van der Waals surface area contributed by atoms with Crippen LogP contribution in [0, 0.1) is 5.41 Å². The largest absolute Gasteiger partial charge is 0.396 e. The number of fused-ring (bicyclic) bond motifs is 1. The number of rotatable bonds is 5. The highest BCUT2D eigenvalue weighted by Gasteiger charge is 2.23. The van der Waals surface area contributed by atoms with Crippen LogP contribution < -0.4 is 5.32 Å². The molecule has 0 amide bonds. The third kappa shape index (κ3) is 3.37. The summed E-state index contributed by atoms with van der Waals surface area (Å²) in [6.07, 6.45) is 2.76. The van der Waals surface area contributed by atoms with Gasteiger partial charge in [0.25, 0.3) is 0 Å². The molecule has 19 heavy (non-hydrogen) atoms. The van der Waals surface area contributed by atoms with Crippen molar-refractivity contribution >= 4 is 10.9 Å². The van der Waals surface area contributed by atoms with E-state index in [2.05, 4.69) is 55.3 Å². The van der Waals surface area contributed by atoms with Gasteiger partial charge in [-0.3, -0.25) is 0 Å². The number of aliphatic hydroxyl groups is 1. The van der Waals surface area contributed by atoms with Gasteiger partial charge in [-0.05, 0) is 29.5 Å². The fourth-order valence-electron chi connectivity index (χ4n) is 2.51. The van der Waals surface area contributed by atoms with Crippen molar-refractivity contribution in [2.75, 3.05) is 6.61 Å². The molecule has 0 aliphatic rings. The lowest BCUT2D eigenvalue weighted by molar-refractivity contribution is 0.196. The predicted octanol–water partition coefficient (Wildman–Crippen LogP) is 3.05. The lowest BCUT2D eigenvalue weighted by Crippen LogP contribution is -2.40. The van der Waals surface area contributed by atoms with Crippen molar-refractivity contribution in [3.05, 3.63) is 36.0 Å². The summed E-state index contributed by atoms with van der Waals surface area (Å²) in [6, 6.07) is 8.75. The zero-order chi connectivity index (χ0) is 13.9. The van der Waals surface area contributed by atoms with Gasteiger partial charge in [0.15, 0.2) is 0 Å². The highest BCUT2D eigenvalue weighted by atomic mass is 16.3. The molecule has 0 saturated carbocycles. The highest BCUT2D eigenvalue weighted by Crippen LogP contribution is 2.23. The molecule has 2 rings (SSSR count). The second-order valence-corrected chi connectivity index (χ2v) is 6.17. The lowest BCUT2D eigenvalue weighted by Gasteiger charge is -2.31. The molecule has 0 spiro atoms. The molecular formula is C16H24N2O. The minimum Gasteiger partial charge on any atom is -0.396 e. The predicted molar refractivity (Wildman–Crippen MR) is 80.1 cm³/mol. The summed E-state index contributed by atoms with van der Waals surface area (Å²) in [6.45, 7) is 7.67. The number of hydrogen-bond donors (Lipinski definition) is 3. The Hall–Kier alpha value is -1.32. The molecule has 2 aromatic rings. The summed E-state index contributed by atoms with van der Waals surface area (Å²) in [5.74, 6) is 0. The Bertz CT molecular complexity index is 525. The first kappa shape index (κ1) is 14.1. The van der Waals surface area contributed by atoms with E-state index in [1.807, 2.05) is 6.20 Å². The number of aromatic amines is 1. The first-order chi connectivity index (χ1) is 9.02. The van der Waals surface area contributed by atoms with E-state index in [9.17, 15) is 5.11 Å². The first-order valence-electron chi connectivity index (χ1n) is 6.91. The Morgan fingerprint density at radius 3 is 2.74 bits per heavy atom. The van der Waals surface area contributed by atoms with Crippen LogP contribution in [0.1, 0.15) is 32.8 Å². The van der Waals surface area contributed by atoms with Crippen LogP contribution in [-0.4, -0.2) is 22.7 Å². The molecule has 0 aliphatic heterocycles. The van der Waals surface area contributed by atoms with Gasteiger partial charge < -0.3 is 15.4 Å². The van der Waals surface area contributed by atoms with Gasteiger partial charge >= 0.3 is 0 Å². The fourth-order valence-corrected chi connectivity index (χ4v) is 2.51. The van der Waals surface area contributed by atoms with Gasteiger partial charge in [-0.15, -0.1) is 0 Å². The summed E-state index contributed by atoms with van der Waals surface area (Å²) in [5.41, 5.74) is 2.62. The molecule has 0 radical (unpaired) electrons. The van der Waals surface area contributed by atoms with Crippen molar-refractivity contribution in [3.63, 3.8) is 0 Å². The van der Waals surface area contributed by atoms with Gasteiger partial charge in [0, 0.05) is 36.3 Å². The Morgan fingerprint density at radius 2 is 2.05 bits per heavy atom. The normalized spacial score (nSPS) is 13.9. The third-order valence-corrected chi connectivity index (χ3v) is 3.69. The molecule has 1 unspecified atom stereocenters. The van der Waals surface area contributed by atoms with Crippen molar-refractivity contribution in [1.29, 1.82) is 0 Å². The smallest absolute Gasteiger partial charge is 0.0457 e. The van der Waals surface area contributed by atoms with E-state index in [4.69, 9.17) is 0 Å². The Kier molecular flexibility index (Phi) is 4.27. The second kappa shape index (κ2) is 5.76. The monoisotopic (exact) mass is 260 g/mol. The summed E-state index contributed by atoms with van der Waals surface area (Å²) >= 11 is 0. The summed E-state index contributed by atoms with van der Waals surface area (Å²) in [5, 5.41) is 14.0. The molecular weight excluding hydrogens is 236 g/mol. The Labute approximate surface area is 115 Å². The number of nitrogens with one attached hydrogen (secondary N) is 2. The zero-order valence-electron chi connectivity index (χ0n) is 12.0. The van der Waals surface area contributed by atoms with Gasteiger partial charge in [0.2, 0.25) is 0 Å². The Morgan fingerprint density at radius 1 is 1.26 bits per heavy atom. The van der Waals surface area contributed by atoms with Crippen LogP contribution in [0.5, 0.6) is 0 Å². The number of H-pyrrole nitrogens is 1. The number of aromatic nitrogens is 1. The fraction of sp³-hybridized carbons (Fsp3) is 0.500. The van der Waals surface area contributed by atoms with Gasteiger partial charge in [-0.25, -0.2) is 0 Å². The number of hydrogen-bond acceptors (Lipinski definition) is 2. The third-order valence-electron chi connectivity index (χ3n) is 3.69. The maximum atomic E-state index is 9.19. The second-order valence-electron chi connectivity index (χ2n) is 6.17. The molecule has 0 aliphatic carbocycles. The lowest BCUT2D eigenvalue weighted by atomic mass is 9.85. The van der Waals surface area contributed by atoms with Crippen molar-refractivity contribution in [1.82, 2.24) is 10.3 Å². The van der Waals surface area contributed by atoms with Crippen LogP contribution in [0.2, 0.25) is 0 Å². The number of aliphatic hydroxyl groups excluding tert-OH is 1. The quantitative estimate of drug-likeness (QED) is 0.774. The maximum absolute atomic E-state index is 9.19. The van der Waals surface area contributed by atoms with E-state index in [-0.39, 0.29) is 12.0 Å². The molecule has 0 fully saturated rings. The molecule has 3 nitrogen and oxygen atoms in total. The summed E-state index contributed by atoms with van der Waals surface area (Å²) < 4.78 is 0. The van der Waals surface area contributed by atoms with Crippen LogP contribution in [0.25, 0.3) is 10.9 Å². The van der Waals surface area contributed by atoms with Crippen molar-refractivity contribution in [2.45, 2.75) is 39.8 Å². The minimum absolute atomic E-state index is 0.148. The molecule has 0 saturated heterocycles. The summed E-state index contributed by atoms with van der Waals surface area (Å²) in [7, 11) is 0. The molecule has 1 aromatic carbocycles. The van der Waals surface area contributed by atoms with E-state index in [0.717, 1.165) is 13.0 Å². The molecule has 0 bridgehead atoms. The molecule has 1 atom stereocenters. The van der Waals surface area contributed by atoms with E-state index in [0.29, 0.717) is 6.04 Å². The van der Waals surface area contributed by atoms with Gasteiger partial charge in [-0.2, -0.15) is 0 Å². The van der Waals surface area contributed by atoms with Crippen molar-refractivity contribution in [3.8, 4) is 0 Å². The van der Waals surface area contributed by atoms with Crippen LogP contribution in [-0.2, 0) is 6.54 Å². The van der Waals surface area contributed by atoms with Gasteiger partial charge in [0.1, 0.15) is 0 Å². The summed E-state index contributed by atoms with van der Waals surface area (Å²) in [4.78, 5) is 3.24.